The Morgan fingerprint density at radius 2 is 1.60 bits per heavy atom. The fourth-order valence-corrected chi connectivity index (χ4v) is 1.60. The Hall–Kier alpha value is -1.85. The number of allylic oxidation sites excluding steroid dienone is 1. The third-order valence-electron chi connectivity index (χ3n) is 2.45. The number of hydrogen-bond donors (Lipinski definition) is 3. The molecule has 0 bridgehead atoms. The summed E-state index contributed by atoms with van der Waals surface area (Å²) >= 11 is 0. The first kappa shape index (κ1) is 11.2. The Morgan fingerprint density at radius 1 is 1.07 bits per heavy atom. The van der Waals surface area contributed by atoms with E-state index in [-0.39, 0.29) is 18.4 Å². The van der Waals surface area contributed by atoms with E-state index < -0.39 is 29.7 Å². The highest BCUT2D eigenvalue weighted by Crippen LogP contribution is 2.30. The summed E-state index contributed by atoms with van der Waals surface area (Å²) < 4.78 is 0. The van der Waals surface area contributed by atoms with Gasteiger partial charge in [-0.2, -0.15) is 0 Å². The number of aliphatic carboxylic acids is 3. The average Bonchev–Trinajstić information content (AvgIpc) is 2.16. The second kappa shape index (κ2) is 4.12. The van der Waals surface area contributed by atoms with Crippen molar-refractivity contribution in [2.24, 2.45) is 11.8 Å². The summed E-state index contributed by atoms with van der Waals surface area (Å²) in [5.74, 6) is -5.85. The predicted octanol–water partition coefficient (Wildman–Crippen LogP) is 0.193. The third kappa shape index (κ3) is 2.34. The number of carboxylic acids is 3. The minimum Gasteiger partial charge on any atom is -0.481 e. The van der Waals surface area contributed by atoms with Crippen molar-refractivity contribution in [2.75, 3.05) is 0 Å². The van der Waals surface area contributed by atoms with Gasteiger partial charge in [-0.25, -0.2) is 4.79 Å². The van der Waals surface area contributed by atoms with E-state index in [0.717, 1.165) is 0 Å². The molecule has 0 fully saturated rings. The van der Waals surface area contributed by atoms with E-state index in [2.05, 4.69) is 0 Å². The molecule has 3 N–H and O–H groups in total. The molecule has 1 aliphatic carbocycles. The zero-order valence-electron chi connectivity index (χ0n) is 7.71. The van der Waals surface area contributed by atoms with E-state index in [9.17, 15) is 14.4 Å². The SMILES string of the molecule is O=C(O)C1=CCC(C(=O)O)C(C(=O)O)C1. The van der Waals surface area contributed by atoms with Gasteiger partial charge < -0.3 is 15.3 Å². The van der Waals surface area contributed by atoms with Gasteiger partial charge in [0.05, 0.1) is 11.8 Å². The zero-order chi connectivity index (χ0) is 11.6. The molecule has 0 saturated carbocycles. The highest BCUT2D eigenvalue weighted by molar-refractivity contribution is 5.89. The summed E-state index contributed by atoms with van der Waals surface area (Å²) in [6.07, 6.45) is 0.996. The maximum Gasteiger partial charge on any atom is 0.331 e. The first-order valence-electron chi connectivity index (χ1n) is 4.31. The Morgan fingerprint density at radius 3 is 2.00 bits per heavy atom. The monoisotopic (exact) mass is 214 g/mol. The van der Waals surface area contributed by atoms with Gasteiger partial charge in [0.1, 0.15) is 0 Å². The highest BCUT2D eigenvalue weighted by Gasteiger charge is 2.37. The van der Waals surface area contributed by atoms with Crippen molar-refractivity contribution < 1.29 is 29.7 Å². The van der Waals surface area contributed by atoms with Crippen LogP contribution in [0, 0.1) is 11.8 Å². The predicted molar refractivity (Wildman–Crippen MR) is 47.2 cm³/mol. The lowest BCUT2D eigenvalue weighted by atomic mass is 9.79. The van der Waals surface area contributed by atoms with E-state index in [4.69, 9.17) is 15.3 Å². The van der Waals surface area contributed by atoms with Crippen LogP contribution in [0.25, 0.3) is 0 Å². The van der Waals surface area contributed by atoms with Gasteiger partial charge in [-0.1, -0.05) is 6.08 Å². The molecule has 6 heteroatoms. The highest BCUT2D eigenvalue weighted by atomic mass is 16.4. The minimum absolute atomic E-state index is 0.0279. The Labute approximate surface area is 84.8 Å². The van der Waals surface area contributed by atoms with Gasteiger partial charge in [-0.3, -0.25) is 9.59 Å². The molecule has 1 aliphatic rings. The van der Waals surface area contributed by atoms with Gasteiger partial charge in [0, 0.05) is 5.57 Å². The van der Waals surface area contributed by atoms with Crippen molar-refractivity contribution in [2.45, 2.75) is 12.8 Å². The lowest BCUT2D eigenvalue weighted by molar-refractivity contribution is -0.154. The first-order valence-corrected chi connectivity index (χ1v) is 4.31. The quantitative estimate of drug-likeness (QED) is 0.618. The molecule has 0 radical (unpaired) electrons. The maximum absolute atomic E-state index is 10.8. The number of carboxylic acid groups (broad SMARTS) is 3. The van der Waals surface area contributed by atoms with Crippen molar-refractivity contribution in [1.82, 2.24) is 0 Å². The summed E-state index contributed by atoms with van der Waals surface area (Å²) in [6, 6.07) is 0. The molecule has 0 heterocycles. The molecule has 15 heavy (non-hydrogen) atoms. The molecule has 0 aliphatic heterocycles. The molecule has 2 atom stereocenters. The van der Waals surface area contributed by atoms with E-state index >= 15 is 0 Å². The fraction of sp³-hybridized carbons (Fsp3) is 0.444. The number of hydrogen-bond acceptors (Lipinski definition) is 3. The van der Waals surface area contributed by atoms with E-state index in [0.29, 0.717) is 0 Å². The van der Waals surface area contributed by atoms with Crippen molar-refractivity contribution >= 4 is 17.9 Å². The summed E-state index contributed by atoms with van der Waals surface area (Å²) in [5, 5.41) is 26.2. The summed E-state index contributed by atoms with van der Waals surface area (Å²) in [5.41, 5.74) is -0.0279. The normalized spacial score (nSPS) is 25.5. The van der Waals surface area contributed by atoms with Gasteiger partial charge >= 0.3 is 17.9 Å². The standard InChI is InChI=1S/C9H10O6/c10-7(11)4-1-2-5(8(12)13)6(3-4)9(14)15/h1,5-6H,2-3H2,(H,10,11)(H,12,13)(H,14,15). The lowest BCUT2D eigenvalue weighted by Gasteiger charge is -2.23. The topological polar surface area (TPSA) is 112 Å². The Balaban J connectivity index is 2.92. The number of rotatable bonds is 3. The van der Waals surface area contributed by atoms with E-state index in [1.54, 1.807) is 0 Å². The zero-order valence-corrected chi connectivity index (χ0v) is 7.71. The van der Waals surface area contributed by atoms with Crippen LogP contribution in [-0.2, 0) is 14.4 Å². The van der Waals surface area contributed by atoms with Gasteiger partial charge in [0.2, 0.25) is 0 Å². The van der Waals surface area contributed by atoms with Crippen LogP contribution in [0.15, 0.2) is 11.6 Å². The average molecular weight is 214 g/mol. The van der Waals surface area contributed by atoms with Crippen molar-refractivity contribution in [3.8, 4) is 0 Å². The third-order valence-corrected chi connectivity index (χ3v) is 2.45. The lowest BCUT2D eigenvalue weighted by Crippen LogP contribution is -2.33. The van der Waals surface area contributed by atoms with Crippen LogP contribution < -0.4 is 0 Å². The molecule has 0 amide bonds. The van der Waals surface area contributed by atoms with Gasteiger partial charge in [0.15, 0.2) is 0 Å². The molecule has 1 rings (SSSR count). The summed E-state index contributed by atoms with van der Waals surface area (Å²) in [4.78, 5) is 32.0. The number of carbonyl (C=O) groups is 3. The second-order valence-corrected chi connectivity index (χ2v) is 3.36. The Bertz CT molecular complexity index is 343. The van der Waals surface area contributed by atoms with Crippen LogP contribution in [-0.4, -0.2) is 33.2 Å². The fourth-order valence-electron chi connectivity index (χ4n) is 1.60. The van der Waals surface area contributed by atoms with Crippen LogP contribution in [0.2, 0.25) is 0 Å². The van der Waals surface area contributed by atoms with Crippen LogP contribution in [0.4, 0.5) is 0 Å². The van der Waals surface area contributed by atoms with Gasteiger partial charge in [-0.15, -0.1) is 0 Å². The molecule has 0 spiro atoms. The maximum atomic E-state index is 10.8. The van der Waals surface area contributed by atoms with Crippen molar-refractivity contribution in [3.63, 3.8) is 0 Å². The first-order chi connectivity index (χ1) is 6.93. The molecule has 6 nitrogen and oxygen atoms in total. The Kier molecular flexibility index (Phi) is 3.08. The van der Waals surface area contributed by atoms with Crippen LogP contribution in [0.1, 0.15) is 12.8 Å². The minimum atomic E-state index is -1.27. The molecule has 0 aromatic heterocycles. The molecule has 0 saturated heterocycles. The molecular weight excluding hydrogens is 204 g/mol. The van der Waals surface area contributed by atoms with Crippen LogP contribution >= 0.6 is 0 Å². The summed E-state index contributed by atoms with van der Waals surface area (Å²) in [7, 11) is 0. The van der Waals surface area contributed by atoms with Crippen LogP contribution in [0.5, 0.6) is 0 Å². The smallest absolute Gasteiger partial charge is 0.331 e. The molecule has 82 valence electrons. The van der Waals surface area contributed by atoms with E-state index in [1.807, 2.05) is 0 Å². The molecule has 2 unspecified atom stereocenters. The second-order valence-electron chi connectivity index (χ2n) is 3.36. The van der Waals surface area contributed by atoms with Gasteiger partial charge in [-0.05, 0) is 12.8 Å². The van der Waals surface area contributed by atoms with Crippen molar-refractivity contribution in [1.29, 1.82) is 0 Å². The largest absolute Gasteiger partial charge is 0.481 e. The molecule has 0 aromatic rings. The van der Waals surface area contributed by atoms with E-state index in [1.165, 1.54) is 6.08 Å². The molecule has 0 aromatic carbocycles. The summed E-state index contributed by atoms with van der Waals surface area (Å²) in [6.45, 7) is 0. The molecular formula is C9H10O6. The van der Waals surface area contributed by atoms with Crippen LogP contribution in [0.3, 0.4) is 0 Å². The van der Waals surface area contributed by atoms with Crippen molar-refractivity contribution in [3.05, 3.63) is 11.6 Å². The van der Waals surface area contributed by atoms with Gasteiger partial charge in [0.25, 0.3) is 0 Å².